The lowest BCUT2D eigenvalue weighted by molar-refractivity contribution is 0.0696. The number of amides is 1. The molecule has 0 aliphatic carbocycles. The summed E-state index contributed by atoms with van der Waals surface area (Å²) in [5.41, 5.74) is 0.397. The topological polar surface area (TPSA) is 127 Å². The molecule has 0 spiro atoms. The van der Waals surface area contributed by atoms with Crippen molar-refractivity contribution in [2.75, 3.05) is 5.32 Å². The Hall–Kier alpha value is -2.71. The van der Waals surface area contributed by atoms with E-state index in [4.69, 9.17) is 10.2 Å². The number of anilines is 1. The number of nitrogens with two attached hydrogens (primary N) is 1. The average molecular weight is 320 g/mol. The van der Waals surface area contributed by atoms with Gasteiger partial charge in [-0.3, -0.25) is 4.79 Å². The van der Waals surface area contributed by atoms with Gasteiger partial charge in [-0.15, -0.1) is 0 Å². The molecule has 2 aromatic carbocycles. The molecule has 0 saturated carbocycles. The zero-order chi connectivity index (χ0) is 16.3. The molecule has 0 radical (unpaired) electrons. The molecule has 8 heteroatoms. The fourth-order valence-electron chi connectivity index (χ4n) is 1.75. The van der Waals surface area contributed by atoms with Crippen LogP contribution < -0.4 is 10.5 Å². The number of hydrogen-bond acceptors (Lipinski definition) is 4. The Balaban J connectivity index is 2.26. The Morgan fingerprint density at radius 1 is 1.00 bits per heavy atom. The van der Waals surface area contributed by atoms with Gasteiger partial charge in [-0.1, -0.05) is 12.1 Å². The maximum atomic E-state index is 12.1. The fraction of sp³-hybridized carbons (Fsp3) is 0. The van der Waals surface area contributed by atoms with Crippen LogP contribution in [-0.4, -0.2) is 25.4 Å². The van der Waals surface area contributed by atoms with E-state index >= 15 is 0 Å². The molecule has 0 bridgehead atoms. The van der Waals surface area contributed by atoms with E-state index in [2.05, 4.69) is 5.32 Å². The van der Waals surface area contributed by atoms with Crippen LogP contribution in [0, 0.1) is 0 Å². The van der Waals surface area contributed by atoms with Crippen LogP contribution in [0.1, 0.15) is 20.7 Å². The molecule has 0 saturated heterocycles. The van der Waals surface area contributed by atoms with Crippen molar-refractivity contribution in [3.8, 4) is 0 Å². The van der Waals surface area contributed by atoms with Crippen LogP contribution in [-0.2, 0) is 10.0 Å². The lowest BCUT2D eigenvalue weighted by atomic mass is 10.2. The highest BCUT2D eigenvalue weighted by molar-refractivity contribution is 7.89. The first-order valence-electron chi connectivity index (χ1n) is 6.05. The van der Waals surface area contributed by atoms with Gasteiger partial charge in [0.25, 0.3) is 5.91 Å². The molecule has 0 heterocycles. The zero-order valence-corrected chi connectivity index (χ0v) is 12.0. The largest absolute Gasteiger partial charge is 0.478 e. The maximum Gasteiger partial charge on any atom is 0.335 e. The number of hydrogen-bond donors (Lipinski definition) is 3. The summed E-state index contributed by atoms with van der Waals surface area (Å²) in [5.74, 6) is -1.69. The summed E-state index contributed by atoms with van der Waals surface area (Å²) in [6, 6.07) is 10.9. The van der Waals surface area contributed by atoms with Crippen molar-refractivity contribution >= 4 is 27.6 Å². The Bertz CT molecular complexity index is 846. The smallest absolute Gasteiger partial charge is 0.335 e. The van der Waals surface area contributed by atoms with Crippen LogP contribution >= 0.6 is 0 Å². The highest BCUT2D eigenvalue weighted by Crippen LogP contribution is 2.14. The van der Waals surface area contributed by atoms with Gasteiger partial charge in [-0.25, -0.2) is 18.4 Å². The van der Waals surface area contributed by atoms with Gasteiger partial charge in [-0.05, 0) is 36.4 Å². The molecule has 0 aromatic heterocycles. The third-order valence-electron chi connectivity index (χ3n) is 2.79. The maximum absolute atomic E-state index is 12.1. The van der Waals surface area contributed by atoms with Crippen LogP contribution in [0.2, 0.25) is 0 Å². The Morgan fingerprint density at radius 3 is 2.27 bits per heavy atom. The molecule has 0 fully saturated rings. The average Bonchev–Trinajstić information content (AvgIpc) is 2.46. The first kappa shape index (κ1) is 15.7. The molecular weight excluding hydrogens is 308 g/mol. The summed E-state index contributed by atoms with van der Waals surface area (Å²) in [6.45, 7) is 0. The lowest BCUT2D eigenvalue weighted by Gasteiger charge is -2.07. The predicted molar refractivity (Wildman–Crippen MR) is 79.2 cm³/mol. The van der Waals surface area contributed by atoms with Gasteiger partial charge in [-0.2, -0.15) is 0 Å². The normalized spacial score (nSPS) is 11.0. The van der Waals surface area contributed by atoms with Crippen LogP contribution in [0.4, 0.5) is 5.69 Å². The van der Waals surface area contributed by atoms with E-state index in [0.717, 1.165) is 6.07 Å². The molecule has 0 unspecified atom stereocenters. The number of carboxylic acids is 1. The van der Waals surface area contributed by atoms with Gasteiger partial charge in [0.05, 0.1) is 10.5 Å². The van der Waals surface area contributed by atoms with Crippen molar-refractivity contribution < 1.29 is 23.1 Å². The molecule has 4 N–H and O–H groups in total. The van der Waals surface area contributed by atoms with Crippen LogP contribution in [0.5, 0.6) is 0 Å². The third kappa shape index (κ3) is 3.68. The van der Waals surface area contributed by atoms with Crippen LogP contribution in [0.3, 0.4) is 0 Å². The van der Waals surface area contributed by atoms with Crippen molar-refractivity contribution in [3.05, 3.63) is 59.7 Å². The van der Waals surface area contributed by atoms with E-state index in [-0.39, 0.29) is 21.7 Å². The van der Waals surface area contributed by atoms with Gasteiger partial charge in [0.15, 0.2) is 0 Å². The minimum atomic E-state index is -3.91. The number of nitrogens with one attached hydrogen (secondary N) is 1. The highest BCUT2D eigenvalue weighted by Gasteiger charge is 2.13. The molecule has 2 aromatic rings. The first-order chi connectivity index (χ1) is 10.3. The van der Waals surface area contributed by atoms with E-state index < -0.39 is 21.9 Å². The van der Waals surface area contributed by atoms with E-state index in [1.807, 2.05) is 0 Å². The predicted octanol–water partition coefficient (Wildman–Crippen LogP) is 1.28. The van der Waals surface area contributed by atoms with E-state index in [1.54, 1.807) is 0 Å². The minimum Gasteiger partial charge on any atom is -0.478 e. The Labute approximate surface area is 126 Å². The van der Waals surface area contributed by atoms with E-state index in [0.29, 0.717) is 0 Å². The minimum absolute atomic E-state index is 0.0242. The number of sulfonamides is 1. The quantitative estimate of drug-likeness (QED) is 0.782. The molecule has 22 heavy (non-hydrogen) atoms. The number of primary sulfonamides is 1. The summed E-state index contributed by atoms with van der Waals surface area (Å²) >= 11 is 0. The first-order valence-corrected chi connectivity index (χ1v) is 7.59. The lowest BCUT2D eigenvalue weighted by Crippen LogP contribution is -2.15. The van der Waals surface area contributed by atoms with Crippen molar-refractivity contribution in [2.24, 2.45) is 5.14 Å². The molecule has 0 aliphatic rings. The molecule has 0 aliphatic heterocycles. The van der Waals surface area contributed by atoms with Crippen LogP contribution in [0.25, 0.3) is 0 Å². The molecule has 7 nitrogen and oxygen atoms in total. The van der Waals surface area contributed by atoms with E-state index in [9.17, 15) is 18.0 Å². The summed E-state index contributed by atoms with van der Waals surface area (Å²) in [7, 11) is -3.91. The number of carboxylic acid groups (broad SMARTS) is 1. The van der Waals surface area contributed by atoms with Gasteiger partial charge in [0.2, 0.25) is 10.0 Å². The number of aromatic carboxylic acids is 1. The molecule has 0 atom stereocenters. The Morgan fingerprint density at radius 2 is 1.64 bits per heavy atom. The third-order valence-corrected chi connectivity index (χ3v) is 3.70. The van der Waals surface area contributed by atoms with Crippen molar-refractivity contribution in [3.63, 3.8) is 0 Å². The second kappa shape index (κ2) is 5.96. The van der Waals surface area contributed by atoms with Crippen molar-refractivity contribution in [1.82, 2.24) is 0 Å². The van der Waals surface area contributed by atoms with Crippen molar-refractivity contribution in [2.45, 2.75) is 4.90 Å². The number of carbonyl (C=O) groups is 2. The summed E-state index contributed by atoms with van der Waals surface area (Å²) in [4.78, 5) is 22.8. The number of carbonyl (C=O) groups excluding carboxylic acids is 1. The van der Waals surface area contributed by atoms with Crippen molar-refractivity contribution in [1.29, 1.82) is 0 Å². The van der Waals surface area contributed by atoms with E-state index in [1.165, 1.54) is 42.5 Å². The summed E-state index contributed by atoms with van der Waals surface area (Å²) in [6.07, 6.45) is 0. The monoisotopic (exact) mass is 320 g/mol. The highest BCUT2D eigenvalue weighted by atomic mass is 32.2. The van der Waals surface area contributed by atoms with Crippen LogP contribution in [0.15, 0.2) is 53.4 Å². The summed E-state index contributed by atoms with van der Waals surface area (Å²) < 4.78 is 22.5. The standard InChI is InChI=1S/C14H12N2O5S/c15-22(20,21)12-6-2-3-9(8-12)13(17)16-11-5-1-4-10(7-11)14(18)19/h1-8H,(H,16,17)(H,18,19)(H2,15,20,21). The van der Waals surface area contributed by atoms with Gasteiger partial charge in [0, 0.05) is 11.3 Å². The number of benzene rings is 2. The summed E-state index contributed by atoms with van der Waals surface area (Å²) in [5, 5.41) is 16.4. The van der Waals surface area contributed by atoms with Gasteiger partial charge >= 0.3 is 5.97 Å². The fourth-order valence-corrected chi connectivity index (χ4v) is 2.31. The number of rotatable bonds is 4. The van der Waals surface area contributed by atoms with Gasteiger partial charge in [0.1, 0.15) is 0 Å². The molecule has 2 rings (SSSR count). The molecular formula is C14H12N2O5S. The second-order valence-electron chi connectivity index (χ2n) is 4.41. The zero-order valence-electron chi connectivity index (χ0n) is 11.2. The molecule has 1 amide bonds. The second-order valence-corrected chi connectivity index (χ2v) is 5.97. The molecule has 114 valence electrons. The Kier molecular flexibility index (Phi) is 4.25. The SMILES string of the molecule is NS(=O)(=O)c1cccc(C(=O)Nc2cccc(C(=O)O)c2)c1. The van der Waals surface area contributed by atoms with Gasteiger partial charge < -0.3 is 10.4 Å².